The summed E-state index contributed by atoms with van der Waals surface area (Å²) in [7, 11) is 0. The minimum atomic E-state index is -0.738. The molecular weight excluding hydrogens is 262 g/mol. The van der Waals surface area contributed by atoms with Gasteiger partial charge >= 0.3 is 0 Å². The highest BCUT2D eigenvalue weighted by Crippen LogP contribution is 2.18. The third kappa shape index (κ3) is 2.21. The molecule has 0 aromatic carbocycles. The van der Waals surface area contributed by atoms with Crippen molar-refractivity contribution in [2.24, 2.45) is 0 Å². The summed E-state index contributed by atoms with van der Waals surface area (Å²) in [5.74, 6) is 0.563. The molecule has 0 radical (unpaired) electrons. The number of aliphatic hydroxyl groups excluding tert-OH is 1. The number of hydrogen-bond acceptors (Lipinski definition) is 5. The van der Waals surface area contributed by atoms with Gasteiger partial charge in [-0.3, -0.25) is 0 Å². The molecule has 0 saturated heterocycles. The first kappa shape index (κ1) is 10.3. The van der Waals surface area contributed by atoms with E-state index >= 15 is 0 Å². The van der Waals surface area contributed by atoms with Crippen LogP contribution in [0.4, 0.5) is 0 Å². The van der Waals surface area contributed by atoms with Gasteiger partial charge in [0.1, 0.15) is 11.8 Å². The van der Waals surface area contributed by atoms with Gasteiger partial charge in [-0.15, -0.1) is 0 Å². The van der Waals surface area contributed by atoms with Gasteiger partial charge in [0.2, 0.25) is 0 Å². The molecule has 6 heteroatoms. The van der Waals surface area contributed by atoms with Crippen LogP contribution in [-0.4, -0.2) is 20.2 Å². The molecule has 0 bridgehead atoms. The number of aromatic nitrogens is 3. The Kier molecular flexibility index (Phi) is 2.79. The second kappa shape index (κ2) is 4.08. The average molecular weight is 270 g/mol. The quantitative estimate of drug-likeness (QED) is 0.902. The Hall–Kier alpha value is -1.27. The van der Waals surface area contributed by atoms with E-state index in [1.807, 2.05) is 6.07 Å². The maximum atomic E-state index is 9.22. The van der Waals surface area contributed by atoms with Crippen LogP contribution in [-0.2, 0) is 0 Å². The van der Waals surface area contributed by atoms with Crippen molar-refractivity contribution in [2.45, 2.75) is 13.0 Å². The lowest BCUT2D eigenvalue weighted by Crippen LogP contribution is -1.93. The average Bonchev–Trinajstić information content (AvgIpc) is 2.68. The van der Waals surface area contributed by atoms with Gasteiger partial charge in [-0.05, 0) is 35.0 Å². The second-order valence-electron chi connectivity index (χ2n) is 3.00. The summed E-state index contributed by atoms with van der Waals surface area (Å²) in [5.41, 5.74) is 0.581. The maximum Gasteiger partial charge on any atom is 0.276 e. The molecule has 5 nitrogen and oxygen atoms in total. The van der Waals surface area contributed by atoms with Crippen molar-refractivity contribution in [1.82, 2.24) is 15.1 Å². The maximum absolute atomic E-state index is 9.22. The van der Waals surface area contributed by atoms with Crippen LogP contribution in [0.1, 0.15) is 18.9 Å². The molecule has 2 rings (SSSR count). The van der Waals surface area contributed by atoms with Gasteiger partial charge in [0.05, 0.1) is 0 Å². The highest BCUT2D eigenvalue weighted by Gasteiger charge is 2.12. The summed E-state index contributed by atoms with van der Waals surface area (Å²) in [6.07, 6.45) is 0.902. The van der Waals surface area contributed by atoms with Crippen LogP contribution in [0.2, 0.25) is 0 Å². The summed E-state index contributed by atoms with van der Waals surface area (Å²) in [4.78, 5) is 8.10. The first-order valence-corrected chi connectivity index (χ1v) is 5.09. The normalized spacial score (nSPS) is 12.7. The van der Waals surface area contributed by atoms with Gasteiger partial charge in [-0.1, -0.05) is 5.16 Å². The summed E-state index contributed by atoms with van der Waals surface area (Å²) >= 11 is 3.28. The van der Waals surface area contributed by atoms with Crippen molar-refractivity contribution in [3.8, 4) is 11.6 Å². The fraction of sp³-hybridized carbons (Fsp3) is 0.222. The standard InChI is InChI=1S/C9H8BrN3O2/c1-5(14)8-12-9(15-13-8)7-3-2-6(10)4-11-7/h2-5,14H,1H3. The molecule has 0 aliphatic rings. The van der Waals surface area contributed by atoms with Gasteiger partial charge < -0.3 is 9.63 Å². The Morgan fingerprint density at radius 1 is 1.47 bits per heavy atom. The van der Waals surface area contributed by atoms with E-state index in [4.69, 9.17) is 4.52 Å². The van der Waals surface area contributed by atoms with Crippen LogP contribution in [0.25, 0.3) is 11.6 Å². The molecule has 1 unspecified atom stereocenters. The number of halogens is 1. The number of aliphatic hydroxyl groups is 1. The SMILES string of the molecule is CC(O)c1noc(-c2ccc(Br)cn2)n1. The molecule has 0 fully saturated rings. The third-order valence-electron chi connectivity index (χ3n) is 1.76. The summed E-state index contributed by atoms with van der Waals surface area (Å²) in [5, 5.41) is 12.8. The molecule has 2 aromatic heterocycles. The topological polar surface area (TPSA) is 72.0 Å². The van der Waals surface area contributed by atoms with Crippen molar-refractivity contribution in [3.05, 3.63) is 28.6 Å². The van der Waals surface area contributed by atoms with E-state index in [9.17, 15) is 5.11 Å². The van der Waals surface area contributed by atoms with Crippen molar-refractivity contribution in [1.29, 1.82) is 0 Å². The Labute approximate surface area is 94.3 Å². The van der Waals surface area contributed by atoms with Gasteiger partial charge in [0.15, 0.2) is 5.82 Å². The molecule has 0 spiro atoms. The van der Waals surface area contributed by atoms with E-state index in [-0.39, 0.29) is 5.82 Å². The predicted octanol–water partition coefficient (Wildman–Crippen LogP) is 1.95. The van der Waals surface area contributed by atoms with Crippen LogP contribution in [0, 0.1) is 0 Å². The largest absolute Gasteiger partial charge is 0.385 e. The molecule has 2 aromatic rings. The van der Waals surface area contributed by atoms with Crippen LogP contribution < -0.4 is 0 Å². The zero-order valence-corrected chi connectivity index (χ0v) is 9.47. The lowest BCUT2D eigenvalue weighted by atomic mass is 10.3. The van der Waals surface area contributed by atoms with E-state index < -0.39 is 6.10 Å². The van der Waals surface area contributed by atoms with Crippen molar-refractivity contribution in [2.75, 3.05) is 0 Å². The minimum Gasteiger partial charge on any atom is -0.385 e. The predicted molar refractivity (Wildman–Crippen MR) is 55.9 cm³/mol. The minimum absolute atomic E-state index is 0.259. The van der Waals surface area contributed by atoms with Gasteiger partial charge in [0.25, 0.3) is 5.89 Å². The van der Waals surface area contributed by atoms with Gasteiger partial charge in [0, 0.05) is 10.7 Å². The molecular formula is C9H8BrN3O2. The monoisotopic (exact) mass is 269 g/mol. The summed E-state index contributed by atoms with van der Waals surface area (Å²) < 4.78 is 5.83. The fourth-order valence-corrected chi connectivity index (χ4v) is 1.25. The van der Waals surface area contributed by atoms with E-state index in [1.54, 1.807) is 19.2 Å². The lowest BCUT2D eigenvalue weighted by molar-refractivity contribution is 0.184. The molecule has 0 aliphatic heterocycles. The zero-order chi connectivity index (χ0) is 10.8. The number of pyridine rings is 1. The molecule has 78 valence electrons. The summed E-state index contributed by atoms with van der Waals surface area (Å²) in [6.45, 7) is 1.57. The molecule has 2 heterocycles. The Morgan fingerprint density at radius 2 is 2.27 bits per heavy atom. The number of hydrogen-bond donors (Lipinski definition) is 1. The fourth-order valence-electron chi connectivity index (χ4n) is 1.01. The third-order valence-corrected chi connectivity index (χ3v) is 2.23. The highest BCUT2D eigenvalue weighted by atomic mass is 79.9. The first-order chi connectivity index (χ1) is 7.16. The second-order valence-corrected chi connectivity index (χ2v) is 3.91. The Balaban J connectivity index is 2.33. The molecule has 15 heavy (non-hydrogen) atoms. The molecule has 0 amide bonds. The van der Waals surface area contributed by atoms with E-state index in [2.05, 4.69) is 31.1 Å². The highest BCUT2D eigenvalue weighted by molar-refractivity contribution is 9.10. The number of rotatable bonds is 2. The van der Waals surface area contributed by atoms with Crippen molar-refractivity contribution in [3.63, 3.8) is 0 Å². The Morgan fingerprint density at radius 3 is 2.80 bits per heavy atom. The van der Waals surface area contributed by atoms with E-state index in [0.29, 0.717) is 11.6 Å². The first-order valence-electron chi connectivity index (χ1n) is 4.30. The smallest absolute Gasteiger partial charge is 0.276 e. The van der Waals surface area contributed by atoms with Crippen LogP contribution in [0.5, 0.6) is 0 Å². The molecule has 0 aliphatic carbocycles. The molecule has 1 atom stereocenters. The van der Waals surface area contributed by atoms with E-state index in [1.165, 1.54) is 0 Å². The molecule has 1 N–H and O–H groups in total. The Bertz CT molecular complexity index is 453. The number of nitrogens with zero attached hydrogens (tertiary/aromatic N) is 3. The van der Waals surface area contributed by atoms with Crippen molar-refractivity contribution < 1.29 is 9.63 Å². The van der Waals surface area contributed by atoms with Crippen LogP contribution in [0.15, 0.2) is 27.3 Å². The molecule has 0 saturated carbocycles. The summed E-state index contributed by atoms with van der Waals surface area (Å²) in [6, 6.07) is 3.58. The van der Waals surface area contributed by atoms with Gasteiger partial charge in [-0.25, -0.2) is 4.98 Å². The van der Waals surface area contributed by atoms with Crippen LogP contribution in [0.3, 0.4) is 0 Å². The van der Waals surface area contributed by atoms with Crippen LogP contribution >= 0.6 is 15.9 Å². The lowest BCUT2D eigenvalue weighted by Gasteiger charge is -1.93. The van der Waals surface area contributed by atoms with E-state index in [0.717, 1.165) is 4.47 Å². The zero-order valence-electron chi connectivity index (χ0n) is 7.88. The van der Waals surface area contributed by atoms with Crippen molar-refractivity contribution >= 4 is 15.9 Å². The van der Waals surface area contributed by atoms with Gasteiger partial charge in [-0.2, -0.15) is 4.98 Å².